The van der Waals surface area contributed by atoms with Crippen LogP contribution in [0.5, 0.6) is 0 Å². The molecule has 0 fully saturated rings. The second-order valence-electron chi connectivity index (χ2n) is 5.07. The van der Waals surface area contributed by atoms with E-state index in [0.717, 1.165) is 28.2 Å². The molecule has 3 heterocycles. The van der Waals surface area contributed by atoms with Gasteiger partial charge in [-0.3, -0.25) is 4.68 Å². The van der Waals surface area contributed by atoms with Gasteiger partial charge in [0.1, 0.15) is 6.33 Å². The molecule has 3 rings (SSSR count). The minimum Gasteiger partial charge on any atom is -0.361 e. The van der Waals surface area contributed by atoms with Crippen molar-refractivity contribution in [2.24, 2.45) is 7.05 Å². The molecule has 0 aliphatic carbocycles. The van der Waals surface area contributed by atoms with E-state index >= 15 is 0 Å². The number of hydrogen-bond acceptors (Lipinski definition) is 5. The van der Waals surface area contributed by atoms with Gasteiger partial charge in [0.25, 0.3) is 0 Å². The van der Waals surface area contributed by atoms with E-state index in [9.17, 15) is 0 Å². The average Bonchev–Trinajstić information content (AvgIpc) is 2.94. The minimum absolute atomic E-state index is 0.660. The second kappa shape index (κ2) is 4.59. The van der Waals surface area contributed by atoms with Crippen LogP contribution in [0.2, 0.25) is 0 Å². The van der Waals surface area contributed by atoms with E-state index in [1.807, 2.05) is 41.5 Å². The van der Waals surface area contributed by atoms with Crippen molar-refractivity contribution in [1.29, 1.82) is 0 Å². The van der Waals surface area contributed by atoms with Gasteiger partial charge in [0.15, 0.2) is 17.0 Å². The van der Waals surface area contributed by atoms with Gasteiger partial charge in [0.05, 0.1) is 18.6 Å². The maximum atomic E-state index is 4.46. The van der Waals surface area contributed by atoms with E-state index in [4.69, 9.17) is 0 Å². The van der Waals surface area contributed by atoms with E-state index in [0.29, 0.717) is 6.54 Å². The second-order valence-corrected chi connectivity index (χ2v) is 5.07. The number of fused-ring (bicyclic) bond motifs is 1. The molecule has 0 spiro atoms. The molecule has 0 aliphatic rings. The molecule has 3 aromatic rings. The summed E-state index contributed by atoms with van der Waals surface area (Å²) in [5.41, 5.74) is 3.83. The summed E-state index contributed by atoms with van der Waals surface area (Å²) in [6.45, 7) is 2.72. The van der Waals surface area contributed by atoms with Gasteiger partial charge in [-0.05, 0) is 12.5 Å². The third-order valence-corrected chi connectivity index (χ3v) is 3.24. The monoisotopic (exact) mass is 271 g/mol. The molecule has 0 atom stereocenters. The summed E-state index contributed by atoms with van der Waals surface area (Å²) in [4.78, 5) is 15.0. The molecule has 0 bridgehead atoms. The SMILES string of the molecule is Cc1cn(C)nc1Cn1cnc2c(N(C)C)ncnc21. The van der Waals surface area contributed by atoms with Crippen molar-refractivity contribution in [2.45, 2.75) is 13.5 Å². The lowest BCUT2D eigenvalue weighted by molar-refractivity contribution is 0.711. The van der Waals surface area contributed by atoms with Gasteiger partial charge >= 0.3 is 0 Å². The highest BCUT2D eigenvalue weighted by atomic mass is 15.3. The largest absolute Gasteiger partial charge is 0.361 e. The molecule has 0 unspecified atom stereocenters. The van der Waals surface area contributed by atoms with Crippen LogP contribution in [0.25, 0.3) is 11.2 Å². The predicted molar refractivity (Wildman–Crippen MR) is 76.7 cm³/mol. The summed E-state index contributed by atoms with van der Waals surface area (Å²) in [6, 6.07) is 0. The average molecular weight is 271 g/mol. The van der Waals surface area contributed by atoms with Gasteiger partial charge in [-0.2, -0.15) is 5.10 Å². The molecule has 20 heavy (non-hydrogen) atoms. The number of anilines is 1. The first-order valence-corrected chi connectivity index (χ1v) is 6.38. The number of nitrogens with zero attached hydrogens (tertiary/aromatic N) is 7. The molecule has 0 radical (unpaired) electrons. The summed E-state index contributed by atoms with van der Waals surface area (Å²) < 4.78 is 3.82. The van der Waals surface area contributed by atoms with Crippen LogP contribution in [0.4, 0.5) is 5.82 Å². The Hall–Kier alpha value is -2.44. The van der Waals surface area contributed by atoms with E-state index in [1.165, 1.54) is 0 Å². The Kier molecular flexibility index (Phi) is 2.89. The molecule has 0 aliphatic heterocycles. The maximum Gasteiger partial charge on any atom is 0.165 e. The molecule has 0 saturated heterocycles. The van der Waals surface area contributed by atoms with Crippen LogP contribution < -0.4 is 4.90 Å². The van der Waals surface area contributed by atoms with Crippen LogP contribution in [0.1, 0.15) is 11.3 Å². The van der Waals surface area contributed by atoms with E-state index in [2.05, 4.69) is 27.0 Å². The summed E-state index contributed by atoms with van der Waals surface area (Å²) in [5.74, 6) is 0.825. The molecule has 3 aromatic heterocycles. The van der Waals surface area contributed by atoms with Crippen LogP contribution in [0.15, 0.2) is 18.9 Å². The van der Waals surface area contributed by atoms with Crippen molar-refractivity contribution < 1.29 is 0 Å². The van der Waals surface area contributed by atoms with Gasteiger partial charge in [0.2, 0.25) is 0 Å². The molecular weight excluding hydrogens is 254 g/mol. The van der Waals surface area contributed by atoms with E-state index in [1.54, 1.807) is 12.7 Å². The van der Waals surface area contributed by atoms with E-state index < -0.39 is 0 Å². The molecule has 0 amide bonds. The number of aryl methyl sites for hydroxylation is 2. The van der Waals surface area contributed by atoms with Crippen molar-refractivity contribution >= 4 is 17.0 Å². The number of aromatic nitrogens is 6. The van der Waals surface area contributed by atoms with Crippen LogP contribution >= 0.6 is 0 Å². The van der Waals surface area contributed by atoms with Gasteiger partial charge < -0.3 is 9.47 Å². The standard InChI is InChI=1S/C13H17N7/c1-9-5-19(4)17-10(9)6-20-8-16-11-12(18(2)3)14-7-15-13(11)20/h5,7-8H,6H2,1-4H3. The Balaban J connectivity index is 2.05. The number of hydrogen-bond donors (Lipinski definition) is 0. The zero-order valence-corrected chi connectivity index (χ0v) is 12.1. The third-order valence-electron chi connectivity index (χ3n) is 3.24. The topological polar surface area (TPSA) is 64.7 Å². The lowest BCUT2D eigenvalue weighted by Crippen LogP contribution is -2.11. The summed E-state index contributed by atoms with van der Waals surface area (Å²) >= 11 is 0. The minimum atomic E-state index is 0.660. The van der Waals surface area contributed by atoms with Crippen molar-refractivity contribution in [3.05, 3.63) is 30.1 Å². The quantitative estimate of drug-likeness (QED) is 0.710. The Morgan fingerprint density at radius 3 is 2.65 bits per heavy atom. The van der Waals surface area contributed by atoms with Crippen LogP contribution in [-0.2, 0) is 13.6 Å². The van der Waals surface area contributed by atoms with Crippen LogP contribution in [0.3, 0.4) is 0 Å². The Morgan fingerprint density at radius 2 is 2.00 bits per heavy atom. The zero-order chi connectivity index (χ0) is 14.3. The van der Waals surface area contributed by atoms with Crippen molar-refractivity contribution in [3.8, 4) is 0 Å². The maximum absolute atomic E-state index is 4.46. The fourth-order valence-corrected chi connectivity index (χ4v) is 2.28. The molecule has 0 saturated carbocycles. The number of rotatable bonds is 3. The van der Waals surface area contributed by atoms with Crippen LogP contribution in [-0.4, -0.2) is 43.4 Å². The smallest absolute Gasteiger partial charge is 0.165 e. The molecule has 0 aromatic carbocycles. The normalized spacial score (nSPS) is 11.2. The van der Waals surface area contributed by atoms with E-state index in [-0.39, 0.29) is 0 Å². The fourth-order valence-electron chi connectivity index (χ4n) is 2.28. The first kappa shape index (κ1) is 12.6. The van der Waals surface area contributed by atoms with Gasteiger partial charge in [-0.25, -0.2) is 15.0 Å². The summed E-state index contributed by atoms with van der Waals surface area (Å²) in [5, 5.41) is 4.46. The van der Waals surface area contributed by atoms with Crippen LogP contribution in [0, 0.1) is 6.92 Å². The highest BCUT2D eigenvalue weighted by Crippen LogP contribution is 2.20. The van der Waals surface area contributed by atoms with Gasteiger partial charge in [-0.15, -0.1) is 0 Å². The first-order valence-electron chi connectivity index (χ1n) is 6.38. The van der Waals surface area contributed by atoms with Crippen molar-refractivity contribution in [2.75, 3.05) is 19.0 Å². The summed E-state index contributed by atoms with van der Waals surface area (Å²) in [6.07, 6.45) is 5.37. The molecule has 104 valence electrons. The Bertz CT molecular complexity index is 753. The number of imidazole rings is 1. The molecule has 7 heteroatoms. The summed E-state index contributed by atoms with van der Waals surface area (Å²) in [7, 11) is 5.82. The molecular formula is C13H17N7. The third kappa shape index (κ3) is 2.01. The molecule has 0 N–H and O–H groups in total. The van der Waals surface area contributed by atoms with Gasteiger partial charge in [0, 0.05) is 27.3 Å². The Labute approximate surface area is 116 Å². The van der Waals surface area contributed by atoms with Crippen molar-refractivity contribution in [3.63, 3.8) is 0 Å². The lowest BCUT2D eigenvalue weighted by Gasteiger charge is -2.10. The highest BCUT2D eigenvalue weighted by Gasteiger charge is 2.13. The van der Waals surface area contributed by atoms with Gasteiger partial charge in [-0.1, -0.05) is 0 Å². The predicted octanol–water partition coefficient (Wildman–Crippen LogP) is 0.983. The fraction of sp³-hybridized carbons (Fsp3) is 0.385. The van der Waals surface area contributed by atoms with Crippen molar-refractivity contribution in [1.82, 2.24) is 29.3 Å². The molecule has 7 nitrogen and oxygen atoms in total. The Morgan fingerprint density at radius 1 is 1.20 bits per heavy atom. The highest BCUT2D eigenvalue weighted by molar-refractivity contribution is 5.83. The lowest BCUT2D eigenvalue weighted by atomic mass is 10.3. The zero-order valence-electron chi connectivity index (χ0n) is 12.1. The first-order chi connectivity index (χ1) is 9.56.